The number of phenols is 1. The van der Waals surface area contributed by atoms with Crippen LogP contribution in [0.4, 0.5) is 10.5 Å². The standard InChI is InChI=1S/C15H22N2O3/c1-14(2,3)20-13(19)17-15(6-7-15)9-10-4-5-12(18)11(16)8-10/h4-5,8,18H,6-7,9,16H2,1-3H3,(H,17,19). The highest BCUT2D eigenvalue weighted by Gasteiger charge is 2.44. The number of anilines is 1. The Kier molecular flexibility index (Phi) is 3.54. The first kappa shape index (κ1) is 14.5. The molecule has 0 heterocycles. The van der Waals surface area contributed by atoms with Crippen molar-refractivity contribution in [1.29, 1.82) is 0 Å². The van der Waals surface area contributed by atoms with Gasteiger partial charge in [-0.1, -0.05) is 6.07 Å². The molecule has 1 aromatic carbocycles. The highest BCUT2D eigenvalue weighted by Crippen LogP contribution is 2.39. The van der Waals surface area contributed by atoms with E-state index in [4.69, 9.17) is 10.5 Å². The Morgan fingerprint density at radius 3 is 2.60 bits per heavy atom. The van der Waals surface area contributed by atoms with E-state index in [1.54, 1.807) is 12.1 Å². The molecule has 1 aliphatic rings. The van der Waals surface area contributed by atoms with E-state index < -0.39 is 5.60 Å². The summed E-state index contributed by atoms with van der Waals surface area (Å²) >= 11 is 0. The van der Waals surface area contributed by atoms with E-state index in [0.29, 0.717) is 12.1 Å². The van der Waals surface area contributed by atoms with Gasteiger partial charge in [0.1, 0.15) is 11.4 Å². The summed E-state index contributed by atoms with van der Waals surface area (Å²) in [4.78, 5) is 11.8. The van der Waals surface area contributed by atoms with Gasteiger partial charge in [-0.3, -0.25) is 0 Å². The molecular weight excluding hydrogens is 256 g/mol. The average molecular weight is 278 g/mol. The number of hydrogen-bond acceptors (Lipinski definition) is 4. The molecule has 1 fully saturated rings. The maximum absolute atomic E-state index is 11.8. The third kappa shape index (κ3) is 3.79. The molecule has 0 saturated heterocycles. The van der Waals surface area contributed by atoms with Crippen LogP contribution >= 0.6 is 0 Å². The Morgan fingerprint density at radius 1 is 1.45 bits per heavy atom. The van der Waals surface area contributed by atoms with Crippen LogP contribution in [0.3, 0.4) is 0 Å². The van der Waals surface area contributed by atoms with Gasteiger partial charge in [-0.25, -0.2) is 4.79 Å². The fraction of sp³-hybridized carbons (Fsp3) is 0.533. The molecule has 5 nitrogen and oxygen atoms in total. The van der Waals surface area contributed by atoms with E-state index in [1.807, 2.05) is 26.8 Å². The molecule has 0 radical (unpaired) electrons. The molecule has 0 aromatic heterocycles. The Morgan fingerprint density at radius 2 is 2.10 bits per heavy atom. The maximum Gasteiger partial charge on any atom is 0.408 e. The molecule has 0 unspecified atom stereocenters. The fourth-order valence-corrected chi connectivity index (χ4v) is 2.12. The van der Waals surface area contributed by atoms with Crippen molar-refractivity contribution >= 4 is 11.8 Å². The van der Waals surface area contributed by atoms with Gasteiger partial charge in [0.05, 0.1) is 5.69 Å². The summed E-state index contributed by atoms with van der Waals surface area (Å²) in [5.74, 6) is 0.0821. The third-order valence-electron chi connectivity index (χ3n) is 3.25. The average Bonchev–Trinajstić information content (AvgIpc) is 3.00. The van der Waals surface area contributed by atoms with Crippen molar-refractivity contribution in [3.63, 3.8) is 0 Å². The fourth-order valence-electron chi connectivity index (χ4n) is 2.12. The van der Waals surface area contributed by atoms with Crippen LogP contribution in [0.1, 0.15) is 39.2 Å². The first-order valence-electron chi connectivity index (χ1n) is 6.78. The third-order valence-corrected chi connectivity index (χ3v) is 3.25. The number of benzene rings is 1. The van der Waals surface area contributed by atoms with Crippen molar-refractivity contribution in [2.24, 2.45) is 0 Å². The van der Waals surface area contributed by atoms with Gasteiger partial charge in [-0.2, -0.15) is 0 Å². The van der Waals surface area contributed by atoms with Gasteiger partial charge in [0.15, 0.2) is 0 Å². The van der Waals surface area contributed by atoms with Gasteiger partial charge in [-0.05, 0) is 57.7 Å². The van der Waals surface area contributed by atoms with Gasteiger partial charge < -0.3 is 20.9 Å². The van der Waals surface area contributed by atoms with Gasteiger partial charge in [0.2, 0.25) is 0 Å². The van der Waals surface area contributed by atoms with Crippen molar-refractivity contribution in [1.82, 2.24) is 5.32 Å². The Balaban J connectivity index is 1.98. The molecule has 0 aliphatic heterocycles. The number of ether oxygens (including phenoxy) is 1. The van der Waals surface area contributed by atoms with E-state index in [0.717, 1.165) is 18.4 Å². The summed E-state index contributed by atoms with van der Waals surface area (Å²) < 4.78 is 5.28. The van der Waals surface area contributed by atoms with E-state index >= 15 is 0 Å². The minimum Gasteiger partial charge on any atom is -0.506 e. The molecule has 0 spiro atoms. The summed E-state index contributed by atoms with van der Waals surface area (Å²) in [5.41, 5.74) is 6.31. The molecule has 110 valence electrons. The lowest BCUT2D eigenvalue weighted by Crippen LogP contribution is -2.41. The number of hydrogen-bond donors (Lipinski definition) is 3. The molecular formula is C15H22N2O3. The summed E-state index contributed by atoms with van der Waals surface area (Å²) in [6, 6.07) is 5.14. The van der Waals surface area contributed by atoms with E-state index in [2.05, 4.69) is 5.32 Å². The van der Waals surface area contributed by atoms with Crippen LogP contribution in [-0.2, 0) is 11.2 Å². The highest BCUT2D eigenvalue weighted by molar-refractivity contribution is 5.69. The molecule has 0 atom stereocenters. The summed E-state index contributed by atoms with van der Waals surface area (Å²) in [6.07, 6.45) is 2.15. The molecule has 2 rings (SSSR count). The second kappa shape index (κ2) is 4.89. The largest absolute Gasteiger partial charge is 0.506 e. The predicted molar refractivity (Wildman–Crippen MR) is 77.6 cm³/mol. The SMILES string of the molecule is CC(C)(C)OC(=O)NC1(Cc2ccc(O)c(N)c2)CC1. The van der Waals surface area contributed by atoms with Crippen molar-refractivity contribution in [2.45, 2.75) is 51.2 Å². The van der Waals surface area contributed by atoms with E-state index in [-0.39, 0.29) is 17.4 Å². The number of phenolic OH excluding ortho intramolecular Hbond substituents is 1. The molecule has 0 bridgehead atoms. The molecule has 5 heteroatoms. The molecule has 1 aromatic rings. The van der Waals surface area contributed by atoms with Crippen LogP contribution < -0.4 is 11.1 Å². The van der Waals surface area contributed by atoms with Crippen molar-refractivity contribution in [3.05, 3.63) is 23.8 Å². The number of nitrogens with one attached hydrogen (secondary N) is 1. The zero-order valence-corrected chi connectivity index (χ0v) is 12.2. The topological polar surface area (TPSA) is 84.6 Å². The summed E-state index contributed by atoms with van der Waals surface area (Å²) in [7, 11) is 0. The molecule has 4 N–H and O–H groups in total. The second-order valence-corrected chi connectivity index (χ2v) is 6.48. The number of nitrogens with two attached hydrogens (primary N) is 1. The zero-order chi connectivity index (χ0) is 15.0. The normalized spacial score (nSPS) is 16.6. The second-order valence-electron chi connectivity index (χ2n) is 6.48. The maximum atomic E-state index is 11.8. The van der Waals surface area contributed by atoms with Gasteiger partial charge in [-0.15, -0.1) is 0 Å². The highest BCUT2D eigenvalue weighted by atomic mass is 16.6. The number of rotatable bonds is 3. The first-order chi connectivity index (χ1) is 9.19. The van der Waals surface area contributed by atoms with Crippen LogP contribution in [0, 0.1) is 0 Å². The van der Waals surface area contributed by atoms with Crippen molar-refractivity contribution in [2.75, 3.05) is 5.73 Å². The van der Waals surface area contributed by atoms with Crippen LogP contribution in [0.5, 0.6) is 5.75 Å². The molecule has 20 heavy (non-hydrogen) atoms. The van der Waals surface area contributed by atoms with Gasteiger partial charge in [0.25, 0.3) is 0 Å². The predicted octanol–water partition coefficient (Wildman–Crippen LogP) is 2.57. The Hall–Kier alpha value is -1.91. The molecule has 1 saturated carbocycles. The zero-order valence-electron chi connectivity index (χ0n) is 12.2. The van der Waals surface area contributed by atoms with Crippen LogP contribution in [0.2, 0.25) is 0 Å². The summed E-state index contributed by atoms with van der Waals surface area (Å²) in [6.45, 7) is 5.52. The van der Waals surface area contributed by atoms with Crippen molar-refractivity contribution in [3.8, 4) is 5.75 Å². The number of aromatic hydroxyl groups is 1. The van der Waals surface area contributed by atoms with Crippen molar-refractivity contribution < 1.29 is 14.6 Å². The van der Waals surface area contributed by atoms with Crippen LogP contribution in [0.25, 0.3) is 0 Å². The lowest BCUT2D eigenvalue weighted by atomic mass is 10.0. The number of carbonyl (C=O) groups is 1. The van der Waals surface area contributed by atoms with E-state index in [1.165, 1.54) is 0 Å². The minimum atomic E-state index is -0.497. The summed E-state index contributed by atoms with van der Waals surface area (Å²) in [5, 5.41) is 12.4. The molecule has 1 amide bonds. The number of carbonyl (C=O) groups excluding carboxylic acids is 1. The molecule has 1 aliphatic carbocycles. The Bertz CT molecular complexity index is 516. The number of amides is 1. The lowest BCUT2D eigenvalue weighted by molar-refractivity contribution is 0.0496. The monoisotopic (exact) mass is 278 g/mol. The van der Waals surface area contributed by atoms with Gasteiger partial charge in [0, 0.05) is 5.54 Å². The van der Waals surface area contributed by atoms with Gasteiger partial charge >= 0.3 is 6.09 Å². The lowest BCUT2D eigenvalue weighted by Gasteiger charge is -2.23. The van der Waals surface area contributed by atoms with E-state index in [9.17, 15) is 9.90 Å². The quantitative estimate of drug-likeness (QED) is 0.586. The first-order valence-corrected chi connectivity index (χ1v) is 6.78. The minimum absolute atomic E-state index is 0.0821. The van der Waals surface area contributed by atoms with Crippen LogP contribution in [-0.4, -0.2) is 22.3 Å². The number of alkyl carbamates (subject to hydrolysis) is 1. The Labute approximate surface area is 119 Å². The van der Waals surface area contributed by atoms with Crippen LogP contribution in [0.15, 0.2) is 18.2 Å². The smallest absolute Gasteiger partial charge is 0.408 e. The number of nitrogen functional groups attached to an aromatic ring is 1.